The van der Waals surface area contributed by atoms with E-state index in [1.165, 1.54) is 14.0 Å². The first kappa shape index (κ1) is 40.0. The minimum Gasteiger partial charge on any atom is -0.394 e. The van der Waals surface area contributed by atoms with E-state index in [0.29, 0.717) is 6.41 Å². The SMILES string of the molecule is CC(O)OC(CO)[C@@H](O[C@@H]1OC(C)CC(O)[C@@H]1O)[C@@H](CN(C)C=O)O[C@@H]1OC(CO)[C@H](O)[C@H](O)C1O[C@@H]1OC(C)[C@@H](I)C(O)[C@@H]1O. The van der Waals surface area contributed by atoms with Crippen molar-refractivity contribution >= 4 is 29.0 Å². The Balaban J connectivity index is 2.01. The highest BCUT2D eigenvalue weighted by molar-refractivity contribution is 14.1. The zero-order valence-electron chi connectivity index (χ0n) is 25.9. The van der Waals surface area contributed by atoms with Crippen molar-refractivity contribution in [3.63, 3.8) is 0 Å². The number of ether oxygens (including phenoxy) is 7. The zero-order valence-corrected chi connectivity index (χ0v) is 28.1. The van der Waals surface area contributed by atoms with Crippen LogP contribution in [0.15, 0.2) is 0 Å². The van der Waals surface area contributed by atoms with Crippen molar-refractivity contribution in [2.24, 2.45) is 0 Å². The molecular weight excluding hydrogens is 737 g/mol. The number of carbonyl (C=O) groups is 1. The molecule has 0 aliphatic carbocycles. The Morgan fingerprint density at radius 1 is 0.891 bits per heavy atom. The van der Waals surface area contributed by atoms with Crippen LogP contribution in [0.2, 0.25) is 0 Å². The number of alkyl halides is 1. The highest BCUT2D eigenvalue weighted by Gasteiger charge is 2.52. The normalized spacial score (nSPS) is 43.0. The Morgan fingerprint density at radius 3 is 2.15 bits per heavy atom. The maximum absolute atomic E-state index is 11.7. The van der Waals surface area contributed by atoms with Crippen LogP contribution in [-0.4, -0.2) is 193 Å². The van der Waals surface area contributed by atoms with Gasteiger partial charge in [-0.2, -0.15) is 0 Å². The van der Waals surface area contributed by atoms with E-state index in [0.717, 1.165) is 4.90 Å². The van der Waals surface area contributed by atoms with Crippen molar-refractivity contribution in [2.45, 2.75) is 136 Å². The number of aliphatic hydroxyl groups is 9. The van der Waals surface area contributed by atoms with Gasteiger partial charge in [0.15, 0.2) is 25.2 Å². The molecule has 9 N–H and O–H groups in total. The topological polar surface area (TPSA) is 267 Å². The highest BCUT2D eigenvalue weighted by atomic mass is 127. The van der Waals surface area contributed by atoms with Gasteiger partial charge in [0.2, 0.25) is 6.41 Å². The van der Waals surface area contributed by atoms with E-state index < -0.39 is 122 Å². The Morgan fingerprint density at radius 2 is 1.57 bits per heavy atom. The molecule has 0 radical (unpaired) electrons. The summed E-state index contributed by atoms with van der Waals surface area (Å²) < 4.78 is 40.2. The van der Waals surface area contributed by atoms with Crippen LogP contribution in [0.5, 0.6) is 0 Å². The van der Waals surface area contributed by atoms with Crippen molar-refractivity contribution in [3.05, 3.63) is 0 Å². The lowest BCUT2D eigenvalue weighted by molar-refractivity contribution is -0.372. The third kappa shape index (κ3) is 9.84. The van der Waals surface area contributed by atoms with E-state index >= 15 is 0 Å². The van der Waals surface area contributed by atoms with Crippen LogP contribution in [0.4, 0.5) is 0 Å². The third-order valence-electron chi connectivity index (χ3n) is 8.01. The lowest BCUT2D eigenvalue weighted by Crippen LogP contribution is -2.65. The molecule has 18 atom stereocenters. The third-order valence-corrected chi connectivity index (χ3v) is 9.76. The van der Waals surface area contributed by atoms with Gasteiger partial charge in [-0.1, -0.05) is 22.6 Å². The summed E-state index contributed by atoms with van der Waals surface area (Å²) in [6.07, 6.45) is -23.5. The van der Waals surface area contributed by atoms with Gasteiger partial charge in [-0.15, -0.1) is 0 Å². The molecule has 0 aromatic carbocycles. The fourth-order valence-electron chi connectivity index (χ4n) is 5.48. The lowest BCUT2D eigenvalue weighted by atomic mass is 9.98. The number of aliphatic hydroxyl groups excluding tert-OH is 9. The summed E-state index contributed by atoms with van der Waals surface area (Å²) in [5.74, 6) is 0. The molecule has 3 saturated heterocycles. The number of rotatable bonds is 15. The van der Waals surface area contributed by atoms with E-state index in [9.17, 15) is 50.8 Å². The molecular formula is C27H48INO17. The molecule has 0 bridgehead atoms. The molecule has 3 fully saturated rings. The molecule has 0 saturated carbocycles. The second kappa shape index (κ2) is 18.0. The standard InChI is InChI=1S/C27H48INO17/c1-10-5-13(34)18(35)25(40-10)45-23(16(8-31)42-12(3)33)14(6-29(4)9-32)43-27-24(21(38)19(36)15(7-30)44-27)46-26-22(39)20(37)17(28)11(2)41-26/h9-27,30-31,33-39H,5-8H2,1-4H3/t10?,11?,12?,13?,14-,15?,16?,17-,18+,19+,20?,21+,22+,23+,24?,25+,26+,27-/m1/s1. The van der Waals surface area contributed by atoms with Crippen molar-refractivity contribution in [1.82, 2.24) is 4.90 Å². The number of hydrogen-bond donors (Lipinski definition) is 9. The molecule has 19 heteroatoms. The first-order chi connectivity index (χ1) is 21.6. The molecule has 18 nitrogen and oxygen atoms in total. The van der Waals surface area contributed by atoms with Gasteiger partial charge in [0, 0.05) is 20.0 Å². The number of amides is 1. The summed E-state index contributed by atoms with van der Waals surface area (Å²) in [5.41, 5.74) is 0. The summed E-state index contributed by atoms with van der Waals surface area (Å²) in [6.45, 7) is 2.62. The summed E-state index contributed by atoms with van der Waals surface area (Å²) in [7, 11) is 1.38. The molecule has 8 unspecified atom stereocenters. The predicted octanol–water partition coefficient (Wildman–Crippen LogP) is -4.49. The second-order valence-corrected chi connectivity index (χ2v) is 13.3. The first-order valence-electron chi connectivity index (χ1n) is 15.0. The Kier molecular flexibility index (Phi) is 15.6. The van der Waals surface area contributed by atoms with Gasteiger partial charge in [-0.05, 0) is 20.8 Å². The molecule has 3 aliphatic heterocycles. The molecule has 3 heterocycles. The van der Waals surface area contributed by atoms with Crippen molar-refractivity contribution < 1.29 is 83.9 Å². The molecule has 3 rings (SSSR count). The van der Waals surface area contributed by atoms with Gasteiger partial charge < -0.3 is 84.0 Å². The predicted molar refractivity (Wildman–Crippen MR) is 160 cm³/mol. The number of carbonyl (C=O) groups excluding carboxylic acids is 1. The van der Waals surface area contributed by atoms with Gasteiger partial charge >= 0.3 is 0 Å². The van der Waals surface area contributed by atoms with Crippen LogP contribution in [0.25, 0.3) is 0 Å². The number of halogens is 1. The molecule has 270 valence electrons. The summed E-state index contributed by atoms with van der Waals surface area (Å²) in [6, 6.07) is 0. The molecule has 1 amide bonds. The summed E-state index contributed by atoms with van der Waals surface area (Å²) in [5, 5.41) is 94.1. The van der Waals surface area contributed by atoms with E-state index in [1.807, 2.05) is 22.6 Å². The summed E-state index contributed by atoms with van der Waals surface area (Å²) >= 11 is 1.91. The van der Waals surface area contributed by atoms with Crippen molar-refractivity contribution in [1.29, 1.82) is 0 Å². The van der Waals surface area contributed by atoms with Gasteiger partial charge in [0.1, 0.15) is 54.9 Å². The molecule has 0 aromatic heterocycles. The molecule has 46 heavy (non-hydrogen) atoms. The monoisotopic (exact) mass is 785 g/mol. The Hall–Kier alpha value is -0.440. The number of nitrogens with zero attached hydrogens (tertiary/aromatic N) is 1. The second-order valence-electron chi connectivity index (χ2n) is 11.8. The van der Waals surface area contributed by atoms with Crippen molar-refractivity contribution in [3.8, 4) is 0 Å². The minimum atomic E-state index is -1.82. The Labute approximate surface area is 279 Å². The van der Waals surface area contributed by atoms with Crippen LogP contribution < -0.4 is 0 Å². The van der Waals surface area contributed by atoms with Gasteiger partial charge in [-0.3, -0.25) is 4.79 Å². The number of hydrogen-bond acceptors (Lipinski definition) is 17. The van der Waals surface area contributed by atoms with E-state index in [-0.39, 0.29) is 13.0 Å². The average molecular weight is 786 g/mol. The molecule has 3 aliphatic rings. The largest absolute Gasteiger partial charge is 0.394 e. The average Bonchev–Trinajstić information content (AvgIpc) is 3.01. The fraction of sp³-hybridized carbons (Fsp3) is 0.963. The Bertz CT molecular complexity index is 925. The minimum absolute atomic E-state index is 0.0888. The smallest absolute Gasteiger partial charge is 0.209 e. The lowest BCUT2D eigenvalue weighted by Gasteiger charge is -2.47. The number of likely N-dealkylation sites (N-methyl/N-ethyl adjacent to an activating group) is 1. The van der Waals surface area contributed by atoms with Gasteiger partial charge in [0.25, 0.3) is 0 Å². The maximum atomic E-state index is 11.7. The first-order valence-corrected chi connectivity index (χ1v) is 16.2. The van der Waals surface area contributed by atoms with E-state index in [4.69, 9.17) is 33.2 Å². The van der Waals surface area contributed by atoms with E-state index in [2.05, 4.69) is 0 Å². The quantitative estimate of drug-likeness (QED) is 0.0328. The van der Waals surface area contributed by atoms with Crippen LogP contribution in [-0.2, 0) is 38.0 Å². The van der Waals surface area contributed by atoms with Gasteiger partial charge in [-0.25, -0.2) is 0 Å². The van der Waals surface area contributed by atoms with Crippen LogP contribution in [0, 0.1) is 0 Å². The van der Waals surface area contributed by atoms with Gasteiger partial charge in [0.05, 0.1) is 41.6 Å². The van der Waals surface area contributed by atoms with E-state index in [1.54, 1.807) is 13.8 Å². The van der Waals surface area contributed by atoms with Crippen molar-refractivity contribution in [2.75, 3.05) is 26.8 Å². The zero-order chi connectivity index (χ0) is 34.5. The highest BCUT2D eigenvalue weighted by Crippen LogP contribution is 2.33. The van der Waals surface area contributed by atoms with Crippen LogP contribution in [0.3, 0.4) is 0 Å². The van der Waals surface area contributed by atoms with Crippen LogP contribution in [0.1, 0.15) is 27.2 Å². The molecule has 0 spiro atoms. The summed E-state index contributed by atoms with van der Waals surface area (Å²) in [4.78, 5) is 12.8. The molecule has 0 aromatic rings. The fourth-order valence-corrected chi connectivity index (χ4v) is 6.08. The van der Waals surface area contributed by atoms with Crippen LogP contribution >= 0.6 is 22.6 Å². The maximum Gasteiger partial charge on any atom is 0.209 e.